The Kier molecular flexibility index (Phi) is 7.00. The van der Waals surface area contributed by atoms with Crippen LogP contribution in [0.2, 0.25) is 0 Å². The van der Waals surface area contributed by atoms with E-state index in [-0.39, 0.29) is 54.8 Å². The number of anilines is 1. The summed E-state index contributed by atoms with van der Waals surface area (Å²) >= 11 is 0. The minimum atomic E-state index is -4.69. The minimum absolute atomic E-state index is 0.0369. The number of hydrogen-bond donors (Lipinski definition) is 1. The van der Waals surface area contributed by atoms with E-state index in [0.29, 0.717) is 22.5 Å². The van der Waals surface area contributed by atoms with E-state index < -0.39 is 17.6 Å². The molecule has 3 heterocycles. The Morgan fingerprint density at radius 2 is 1.93 bits per heavy atom. The van der Waals surface area contributed by atoms with E-state index in [2.05, 4.69) is 16.3 Å². The number of alkyl halides is 3. The van der Waals surface area contributed by atoms with Crippen molar-refractivity contribution in [2.24, 2.45) is 7.05 Å². The lowest BCUT2D eigenvalue weighted by molar-refractivity contribution is -0.138. The van der Waals surface area contributed by atoms with Crippen molar-refractivity contribution in [1.82, 2.24) is 19.7 Å². The van der Waals surface area contributed by atoms with Crippen LogP contribution in [0.25, 0.3) is 22.5 Å². The van der Waals surface area contributed by atoms with Gasteiger partial charge in [-0.3, -0.25) is 9.69 Å². The van der Waals surface area contributed by atoms with Gasteiger partial charge in [-0.15, -0.1) is 10.2 Å². The van der Waals surface area contributed by atoms with Crippen molar-refractivity contribution >= 4 is 11.7 Å². The molecule has 0 radical (unpaired) electrons. The highest BCUT2D eigenvalue weighted by molar-refractivity contribution is 6.10. The van der Waals surface area contributed by atoms with E-state index in [9.17, 15) is 23.2 Å². The van der Waals surface area contributed by atoms with Gasteiger partial charge in [0.1, 0.15) is 12.1 Å². The van der Waals surface area contributed by atoms with Crippen LogP contribution < -0.4 is 4.90 Å². The maximum Gasteiger partial charge on any atom is 0.416 e. The molecule has 12 heteroatoms. The summed E-state index contributed by atoms with van der Waals surface area (Å²) in [6.45, 7) is -0.768. The summed E-state index contributed by atoms with van der Waals surface area (Å²) in [5.74, 6) is 0.375. The van der Waals surface area contributed by atoms with Crippen molar-refractivity contribution in [1.29, 1.82) is 5.26 Å². The number of carbonyl (C=O) groups is 1. The van der Waals surface area contributed by atoms with Gasteiger partial charge in [0.2, 0.25) is 0 Å². The molecule has 1 amide bonds. The predicted molar refractivity (Wildman–Crippen MR) is 145 cm³/mol. The lowest BCUT2D eigenvalue weighted by Crippen LogP contribution is -2.24. The smallest absolute Gasteiger partial charge is 0.394 e. The summed E-state index contributed by atoms with van der Waals surface area (Å²) in [5.41, 5.74) is 2.37. The topological polar surface area (TPSA) is 117 Å². The summed E-state index contributed by atoms with van der Waals surface area (Å²) in [5, 5.41) is 26.7. The molecule has 0 bridgehead atoms. The molecule has 6 rings (SSSR count). The van der Waals surface area contributed by atoms with E-state index in [1.54, 1.807) is 42.2 Å². The van der Waals surface area contributed by atoms with Gasteiger partial charge in [-0.2, -0.15) is 18.4 Å². The number of nitrogens with zero attached hydrogens (tertiary/aromatic N) is 6. The van der Waals surface area contributed by atoms with Crippen molar-refractivity contribution in [2.75, 3.05) is 18.1 Å². The summed E-state index contributed by atoms with van der Waals surface area (Å²) in [4.78, 5) is 19.7. The number of fused-ring (bicyclic) bond motifs is 1. The second-order valence-corrected chi connectivity index (χ2v) is 10.4. The van der Waals surface area contributed by atoms with Crippen molar-refractivity contribution in [3.8, 4) is 28.6 Å². The quantitative estimate of drug-likeness (QED) is 0.295. The number of aryl methyl sites for hydroxylation is 1. The standard InChI is InChI=1S/C30H25F3N6O3/c1-38-16-35-37-28(38)22-8-17(13-34)2-5-21(22)20-11-26(19-3-4-19)36-27(12-20)39-14-24-23(29(39)41)9-18(15-42-7-6-40)10-25(24)30(31,32)33/h2,5,8-12,16,19,40H,3-4,6-7,14-15H2,1H3. The first-order chi connectivity index (χ1) is 20.2. The van der Waals surface area contributed by atoms with Crippen molar-refractivity contribution in [2.45, 2.75) is 38.1 Å². The molecule has 2 aromatic heterocycles. The number of benzene rings is 2. The molecule has 0 atom stereocenters. The Labute approximate surface area is 238 Å². The van der Waals surface area contributed by atoms with E-state index in [1.165, 1.54) is 11.0 Å². The molecule has 1 aliphatic carbocycles. The normalized spacial score (nSPS) is 14.8. The number of pyridine rings is 1. The maximum absolute atomic E-state index is 14.1. The van der Waals surface area contributed by atoms with Crippen LogP contribution in [0.1, 0.15) is 57.1 Å². The summed E-state index contributed by atoms with van der Waals surface area (Å²) < 4.78 is 49.4. The number of rotatable bonds is 8. The summed E-state index contributed by atoms with van der Waals surface area (Å²) in [7, 11) is 1.78. The molecule has 0 unspecified atom stereocenters. The first-order valence-electron chi connectivity index (χ1n) is 13.3. The summed E-state index contributed by atoms with van der Waals surface area (Å²) in [6.07, 6.45) is -1.30. The number of halogens is 3. The number of aromatic nitrogens is 4. The maximum atomic E-state index is 14.1. The van der Waals surface area contributed by atoms with Gasteiger partial charge < -0.3 is 14.4 Å². The van der Waals surface area contributed by atoms with Crippen LogP contribution in [0.3, 0.4) is 0 Å². The lowest BCUT2D eigenvalue weighted by atomic mass is 9.96. The fraction of sp³-hybridized carbons (Fsp3) is 0.300. The van der Waals surface area contributed by atoms with Gasteiger partial charge in [0.05, 0.1) is 43.6 Å². The highest BCUT2D eigenvalue weighted by Crippen LogP contribution is 2.44. The average molecular weight is 575 g/mol. The van der Waals surface area contributed by atoms with Crippen LogP contribution >= 0.6 is 0 Å². The molecule has 9 nitrogen and oxygen atoms in total. The zero-order valence-electron chi connectivity index (χ0n) is 22.5. The Morgan fingerprint density at radius 1 is 1.12 bits per heavy atom. The highest BCUT2D eigenvalue weighted by atomic mass is 19.4. The first-order valence-corrected chi connectivity index (χ1v) is 13.3. The van der Waals surface area contributed by atoms with E-state index >= 15 is 0 Å². The van der Waals surface area contributed by atoms with Gasteiger partial charge in [-0.25, -0.2) is 4.98 Å². The molecule has 1 N–H and O–H groups in total. The SMILES string of the molecule is Cn1cnnc1-c1cc(C#N)ccc1-c1cc(C2CC2)nc(N2Cc3c(cc(COCCO)cc3C(F)(F)F)C2=O)c1. The first kappa shape index (κ1) is 27.6. The zero-order valence-corrected chi connectivity index (χ0v) is 22.5. The molecule has 1 fully saturated rings. The molecule has 42 heavy (non-hydrogen) atoms. The average Bonchev–Trinajstić information content (AvgIpc) is 3.66. The third-order valence-corrected chi connectivity index (χ3v) is 7.43. The van der Waals surface area contributed by atoms with E-state index in [4.69, 9.17) is 14.8 Å². The van der Waals surface area contributed by atoms with Crippen LogP contribution in [0.5, 0.6) is 0 Å². The molecule has 1 aliphatic heterocycles. The second kappa shape index (κ2) is 10.7. The van der Waals surface area contributed by atoms with Crippen molar-refractivity contribution < 1.29 is 27.8 Å². The van der Waals surface area contributed by atoms with Gasteiger partial charge >= 0.3 is 6.18 Å². The van der Waals surface area contributed by atoms with Gasteiger partial charge in [0, 0.05) is 29.8 Å². The monoisotopic (exact) mass is 574 g/mol. The van der Waals surface area contributed by atoms with Crippen molar-refractivity contribution in [3.05, 3.63) is 82.3 Å². The van der Waals surface area contributed by atoms with Crippen LogP contribution in [-0.4, -0.2) is 44.0 Å². The Balaban J connectivity index is 1.45. The van der Waals surface area contributed by atoms with Gasteiger partial charge in [0.15, 0.2) is 5.82 Å². The molecule has 0 saturated heterocycles. The van der Waals surface area contributed by atoms with Crippen molar-refractivity contribution in [3.63, 3.8) is 0 Å². The lowest BCUT2D eigenvalue weighted by Gasteiger charge is -2.19. The number of ether oxygens (including phenoxy) is 1. The number of aliphatic hydroxyl groups excluding tert-OH is 1. The fourth-order valence-electron chi connectivity index (χ4n) is 5.24. The number of amides is 1. The number of nitriles is 1. The predicted octanol–water partition coefficient (Wildman–Crippen LogP) is 4.98. The number of aliphatic hydroxyl groups is 1. The van der Waals surface area contributed by atoms with Gasteiger partial charge in [-0.1, -0.05) is 6.07 Å². The third-order valence-electron chi connectivity index (χ3n) is 7.43. The Morgan fingerprint density at radius 3 is 2.60 bits per heavy atom. The fourth-order valence-corrected chi connectivity index (χ4v) is 5.24. The minimum Gasteiger partial charge on any atom is -0.394 e. The highest BCUT2D eigenvalue weighted by Gasteiger charge is 2.41. The molecule has 2 aliphatic rings. The van der Waals surface area contributed by atoms with E-state index in [1.807, 2.05) is 6.07 Å². The Bertz CT molecular complexity index is 1740. The number of hydrogen-bond acceptors (Lipinski definition) is 7. The largest absolute Gasteiger partial charge is 0.416 e. The third kappa shape index (κ3) is 5.13. The molecular weight excluding hydrogens is 549 g/mol. The van der Waals surface area contributed by atoms with Crippen LogP contribution in [0, 0.1) is 11.3 Å². The molecule has 2 aromatic carbocycles. The summed E-state index contributed by atoms with van der Waals surface area (Å²) in [6, 6.07) is 13.4. The zero-order chi connectivity index (χ0) is 29.6. The number of carbonyl (C=O) groups excluding carboxylic acids is 1. The van der Waals surface area contributed by atoms with Gasteiger partial charge in [0.25, 0.3) is 5.91 Å². The Hall–Kier alpha value is -4.60. The van der Waals surface area contributed by atoms with Gasteiger partial charge in [-0.05, 0) is 71.5 Å². The van der Waals surface area contributed by atoms with E-state index in [0.717, 1.165) is 30.2 Å². The van der Waals surface area contributed by atoms with Crippen LogP contribution in [-0.2, 0) is 31.1 Å². The molecule has 4 aromatic rings. The molecule has 0 spiro atoms. The van der Waals surface area contributed by atoms with Crippen LogP contribution in [0.15, 0.2) is 48.8 Å². The second-order valence-electron chi connectivity index (χ2n) is 10.4. The molecule has 1 saturated carbocycles. The van der Waals surface area contributed by atoms with Crippen LogP contribution in [0.4, 0.5) is 19.0 Å². The molecular formula is C30H25F3N6O3. The molecule has 214 valence electrons.